The SMILES string of the molecule is O=C(O)[C@H]1CC(=O)N(Cc2cccs2)[C@H]1c1ccccc1. The number of carbonyl (C=O) groups excluding carboxylic acids is 1. The number of thiophene rings is 1. The summed E-state index contributed by atoms with van der Waals surface area (Å²) in [5.41, 5.74) is 0.882. The van der Waals surface area contributed by atoms with Gasteiger partial charge in [-0.05, 0) is 17.0 Å². The van der Waals surface area contributed by atoms with Crippen LogP contribution in [0.15, 0.2) is 47.8 Å². The first kappa shape index (κ1) is 13.8. The van der Waals surface area contributed by atoms with Gasteiger partial charge in [-0.1, -0.05) is 36.4 Å². The quantitative estimate of drug-likeness (QED) is 0.944. The molecule has 0 spiro atoms. The Labute approximate surface area is 126 Å². The number of carbonyl (C=O) groups is 2. The van der Waals surface area contributed by atoms with Crippen molar-refractivity contribution >= 4 is 23.2 Å². The smallest absolute Gasteiger partial charge is 0.309 e. The number of amides is 1. The van der Waals surface area contributed by atoms with Crippen LogP contribution in [0.2, 0.25) is 0 Å². The second-order valence-electron chi connectivity index (χ2n) is 5.11. The van der Waals surface area contributed by atoms with E-state index in [0.29, 0.717) is 6.54 Å². The summed E-state index contributed by atoms with van der Waals surface area (Å²) < 4.78 is 0. The fourth-order valence-corrected chi connectivity index (χ4v) is 3.53. The molecule has 1 amide bonds. The predicted octanol–water partition coefficient (Wildman–Crippen LogP) is 2.92. The number of likely N-dealkylation sites (tertiary alicyclic amines) is 1. The summed E-state index contributed by atoms with van der Waals surface area (Å²) in [5.74, 6) is -1.68. The Morgan fingerprint density at radius 2 is 2.00 bits per heavy atom. The molecule has 1 aromatic heterocycles. The summed E-state index contributed by atoms with van der Waals surface area (Å²) >= 11 is 1.58. The van der Waals surface area contributed by atoms with Crippen LogP contribution < -0.4 is 0 Å². The Hall–Kier alpha value is -2.14. The number of aliphatic carboxylic acids is 1. The lowest BCUT2D eigenvalue weighted by Gasteiger charge is -2.27. The predicted molar refractivity (Wildman–Crippen MR) is 79.8 cm³/mol. The maximum absolute atomic E-state index is 12.3. The van der Waals surface area contributed by atoms with Crippen LogP contribution in [0.1, 0.15) is 22.9 Å². The average Bonchev–Trinajstić information content (AvgIpc) is 3.09. The van der Waals surface area contributed by atoms with E-state index in [0.717, 1.165) is 10.4 Å². The van der Waals surface area contributed by atoms with Crippen molar-refractivity contribution in [1.29, 1.82) is 0 Å². The third kappa shape index (κ3) is 2.69. The molecule has 0 aliphatic carbocycles. The monoisotopic (exact) mass is 301 g/mol. The van der Waals surface area contributed by atoms with Crippen molar-refractivity contribution in [2.75, 3.05) is 0 Å². The largest absolute Gasteiger partial charge is 0.481 e. The fraction of sp³-hybridized carbons (Fsp3) is 0.250. The first-order valence-electron chi connectivity index (χ1n) is 6.76. The molecule has 1 aromatic carbocycles. The van der Waals surface area contributed by atoms with Crippen LogP contribution in [-0.4, -0.2) is 21.9 Å². The Balaban J connectivity index is 1.95. The van der Waals surface area contributed by atoms with Gasteiger partial charge in [-0.3, -0.25) is 9.59 Å². The zero-order chi connectivity index (χ0) is 14.8. The van der Waals surface area contributed by atoms with Crippen LogP contribution in [0.3, 0.4) is 0 Å². The van der Waals surface area contributed by atoms with Crippen molar-refractivity contribution < 1.29 is 14.7 Å². The van der Waals surface area contributed by atoms with E-state index in [-0.39, 0.29) is 12.3 Å². The molecule has 1 fully saturated rings. The van der Waals surface area contributed by atoms with Crippen molar-refractivity contribution in [1.82, 2.24) is 4.90 Å². The highest BCUT2D eigenvalue weighted by Gasteiger charge is 2.44. The number of benzene rings is 1. The zero-order valence-electron chi connectivity index (χ0n) is 11.3. The van der Waals surface area contributed by atoms with Crippen molar-refractivity contribution in [3.8, 4) is 0 Å². The summed E-state index contributed by atoms with van der Waals surface area (Å²) in [6, 6.07) is 12.9. The molecular weight excluding hydrogens is 286 g/mol. The highest BCUT2D eigenvalue weighted by molar-refractivity contribution is 7.09. The topological polar surface area (TPSA) is 57.6 Å². The van der Waals surface area contributed by atoms with E-state index in [4.69, 9.17) is 0 Å². The van der Waals surface area contributed by atoms with E-state index in [9.17, 15) is 14.7 Å². The number of hydrogen-bond acceptors (Lipinski definition) is 3. The number of hydrogen-bond donors (Lipinski definition) is 1. The van der Waals surface area contributed by atoms with E-state index in [2.05, 4.69) is 0 Å². The minimum atomic E-state index is -0.911. The number of carboxylic acids is 1. The van der Waals surface area contributed by atoms with Gasteiger partial charge >= 0.3 is 5.97 Å². The molecule has 0 unspecified atom stereocenters. The van der Waals surface area contributed by atoms with Gasteiger partial charge in [0, 0.05) is 11.3 Å². The Bertz CT molecular complexity index is 639. The molecule has 0 radical (unpaired) electrons. The molecule has 1 aliphatic rings. The Morgan fingerprint density at radius 3 is 2.62 bits per heavy atom. The normalized spacial score (nSPS) is 21.7. The van der Waals surface area contributed by atoms with Gasteiger partial charge in [-0.2, -0.15) is 0 Å². The van der Waals surface area contributed by atoms with Gasteiger partial charge in [0.15, 0.2) is 0 Å². The van der Waals surface area contributed by atoms with Crippen LogP contribution in [0, 0.1) is 5.92 Å². The van der Waals surface area contributed by atoms with Gasteiger partial charge in [-0.15, -0.1) is 11.3 Å². The summed E-state index contributed by atoms with van der Waals surface area (Å²) in [7, 11) is 0. The Morgan fingerprint density at radius 1 is 1.24 bits per heavy atom. The summed E-state index contributed by atoms with van der Waals surface area (Å²) in [6.07, 6.45) is 0.0697. The van der Waals surface area contributed by atoms with E-state index < -0.39 is 17.9 Å². The molecule has 2 atom stereocenters. The second kappa shape index (κ2) is 5.69. The third-order valence-corrected chi connectivity index (χ3v) is 4.66. The Kier molecular flexibility index (Phi) is 3.75. The first-order chi connectivity index (χ1) is 10.2. The van der Waals surface area contributed by atoms with E-state index in [1.54, 1.807) is 16.2 Å². The molecule has 0 bridgehead atoms. The van der Waals surface area contributed by atoms with Gasteiger partial charge in [0.1, 0.15) is 0 Å². The van der Waals surface area contributed by atoms with Crippen LogP contribution >= 0.6 is 11.3 Å². The van der Waals surface area contributed by atoms with Crippen LogP contribution in [0.25, 0.3) is 0 Å². The molecule has 3 rings (SSSR count). The van der Waals surface area contributed by atoms with Crippen molar-refractivity contribution in [3.05, 3.63) is 58.3 Å². The standard InChI is InChI=1S/C16H15NO3S/c18-14-9-13(16(19)20)15(11-5-2-1-3-6-11)17(14)10-12-7-4-8-21-12/h1-8,13,15H,9-10H2,(H,19,20)/t13-,15-/m0/s1. The average molecular weight is 301 g/mol. The summed E-state index contributed by atoms with van der Waals surface area (Å²) in [6.45, 7) is 0.472. The molecule has 21 heavy (non-hydrogen) atoms. The van der Waals surface area contributed by atoms with Crippen LogP contribution in [0.4, 0.5) is 0 Å². The minimum Gasteiger partial charge on any atom is -0.481 e. The third-order valence-electron chi connectivity index (χ3n) is 3.80. The number of nitrogens with zero attached hydrogens (tertiary/aromatic N) is 1. The van der Waals surface area contributed by atoms with E-state index >= 15 is 0 Å². The second-order valence-corrected chi connectivity index (χ2v) is 6.14. The molecular formula is C16H15NO3S. The molecule has 1 aliphatic heterocycles. The molecule has 2 aromatic rings. The molecule has 0 saturated carbocycles. The van der Waals surface area contributed by atoms with Gasteiger partial charge in [0.25, 0.3) is 0 Å². The summed E-state index contributed by atoms with van der Waals surface area (Å²) in [5, 5.41) is 11.4. The highest BCUT2D eigenvalue weighted by Crippen LogP contribution is 2.39. The highest BCUT2D eigenvalue weighted by atomic mass is 32.1. The molecule has 1 saturated heterocycles. The zero-order valence-corrected chi connectivity index (χ0v) is 12.1. The van der Waals surface area contributed by atoms with E-state index in [1.807, 2.05) is 47.8 Å². The lowest BCUT2D eigenvalue weighted by molar-refractivity contribution is -0.142. The maximum atomic E-state index is 12.3. The minimum absolute atomic E-state index is 0.0697. The van der Waals surface area contributed by atoms with Gasteiger partial charge in [0.2, 0.25) is 5.91 Å². The van der Waals surface area contributed by atoms with Gasteiger partial charge in [0.05, 0.1) is 18.5 Å². The molecule has 2 heterocycles. The molecule has 1 N–H and O–H groups in total. The molecule has 108 valence electrons. The van der Waals surface area contributed by atoms with Crippen LogP contribution in [0.5, 0.6) is 0 Å². The maximum Gasteiger partial charge on any atom is 0.309 e. The number of carboxylic acid groups (broad SMARTS) is 1. The van der Waals surface area contributed by atoms with E-state index in [1.165, 1.54) is 0 Å². The van der Waals surface area contributed by atoms with Crippen LogP contribution in [-0.2, 0) is 16.1 Å². The summed E-state index contributed by atoms with van der Waals surface area (Å²) in [4.78, 5) is 26.5. The van der Waals surface area contributed by atoms with Gasteiger partial charge < -0.3 is 10.0 Å². The van der Waals surface area contributed by atoms with Crippen molar-refractivity contribution in [2.24, 2.45) is 5.92 Å². The van der Waals surface area contributed by atoms with Crippen molar-refractivity contribution in [3.63, 3.8) is 0 Å². The van der Waals surface area contributed by atoms with Crippen molar-refractivity contribution in [2.45, 2.75) is 19.0 Å². The van der Waals surface area contributed by atoms with Gasteiger partial charge in [-0.25, -0.2) is 0 Å². The number of rotatable bonds is 4. The lowest BCUT2D eigenvalue weighted by atomic mass is 9.94. The first-order valence-corrected chi connectivity index (χ1v) is 7.64. The molecule has 4 nitrogen and oxygen atoms in total. The lowest BCUT2D eigenvalue weighted by Crippen LogP contribution is -2.29. The fourth-order valence-electron chi connectivity index (χ4n) is 2.83. The molecule has 5 heteroatoms.